The van der Waals surface area contributed by atoms with Crippen LogP contribution in [-0.4, -0.2) is 25.1 Å². The molecule has 2 aromatic carbocycles. The van der Waals surface area contributed by atoms with Gasteiger partial charge in [-0.25, -0.2) is 4.79 Å². The molecular weight excluding hydrogens is 424 g/mol. The molecule has 1 aromatic heterocycles. The minimum Gasteiger partial charge on any atom is -0.494 e. The number of ether oxygens (including phenoxy) is 2. The van der Waals surface area contributed by atoms with Crippen LogP contribution in [0.3, 0.4) is 0 Å². The number of carbonyl (C=O) groups excluding carboxylic acids is 2. The van der Waals surface area contributed by atoms with Gasteiger partial charge in [0.25, 0.3) is 5.91 Å². The standard InChI is InChI=1S/C25H22N2O4S/c1-3-30-20-12-10-17(11-13-20)14-19(15-26)23(28)27-24-22(25(29)31-4-2)21(16-32-24)18-8-6-5-7-9-18/h5-14,16H,3-4H2,1-2H3,(H,27,28)/b19-14+. The Labute approximate surface area is 190 Å². The van der Waals surface area contributed by atoms with E-state index >= 15 is 0 Å². The summed E-state index contributed by atoms with van der Waals surface area (Å²) in [6, 6.07) is 18.4. The van der Waals surface area contributed by atoms with E-state index in [0.717, 1.165) is 5.56 Å². The van der Waals surface area contributed by atoms with Crippen LogP contribution in [0.2, 0.25) is 0 Å². The molecule has 0 aliphatic carbocycles. The number of thiophene rings is 1. The number of nitrogens with one attached hydrogen (secondary N) is 1. The van der Waals surface area contributed by atoms with Crippen LogP contribution in [0.4, 0.5) is 5.00 Å². The van der Waals surface area contributed by atoms with Gasteiger partial charge >= 0.3 is 5.97 Å². The largest absolute Gasteiger partial charge is 0.494 e. The summed E-state index contributed by atoms with van der Waals surface area (Å²) in [5, 5.41) is 14.4. The first-order valence-electron chi connectivity index (χ1n) is 10.1. The highest BCUT2D eigenvalue weighted by Gasteiger charge is 2.23. The smallest absolute Gasteiger partial charge is 0.341 e. The first-order valence-corrected chi connectivity index (χ1v) is 10.9. The number of benzene rings is 2. The zero-order chi connectivity index (χ0) is 22.9. The van der Waals surface area contributed by atoms with Gasteiger partial charge in [0, 0.05) is 10.9 Å². The van der Waals surface area contributed by atoms with Crippen LogP contribution in [0, 0.1) is 11.3 Å². The monoisotopic (exact) mass is 446 g/mol. The van der Waals surface area contributed by atoms with E-state index in [2.05, 4.69) is 5.32 Å². The number of amides is 1. The van der Waals surface area contributed by atoms with Gasteiger partial charge in [0.2, 0.25) is 0 Å². The maximum absolute atomic E-state index is 12.8. The van der Waals surface area contributed by atoms with Gasteiger partial charge in [0.05, 0.1) is 13.2 Å². The van der Waals surface area contributed by atoms with Crippen molar-refractivity contribution in [2.24, 2.45) is 0 Å². The minimum atomic E-state index is -0.603. The molecule has 7 heteroatoms. The van der Waals surface area contributed by atoms with Gasteiger partial charge in [-0.2, -0.15) is 5.26 Å². The second-order valence-electron chi connectivity index (χ2n) is 6.57. The lowest BCUT2D eigenvalue weighted by Gasteiger charge is -2.08. The van der Waals surface area contributed by atoms with Gasteiger partial charge in [0.1, 0.15) is 28.0 Å². The average Bonchev–Trinajstić information content (AvgIpc) is 3.23. The fourth-order valence-electron chi connectivity index (χ4n) is 3.00. The van der Waals surface area contributed by atoms with E-state index in [0.29, 0.717) is 28.5 Å². The lowest BCUT2D eigenvalue weighted by atomic mass is 10.0. The van der Waals surface area contributed by atoms with Crippen LogP contribution in [0.15, 0.2) is 65.6 Å². The van der Waals surface area contributed by atoms with Gasteiger partial charge in [-0.1, -0.05) is 42.5 Å². The molecule has 0 bridgehead atoms. The molecule has 1 N–H and O–H groups in total. The predicted molar refractivity (Wildman–Crippen MR) is 126 cm³/mol. The highest BCUT2D eigenvalue weighted by Crippen LogP contribution is 2.36. The van der Waals surface area contributed by atoms with Crippen LogP contribution < -0.4 is 10.1 Å². The number of hydrogen-bond acceptors (Lipinski definition) is 6. The molecule has 3 aromatic rings. The molecule has 3 rings (SSSR count). The first kappa shape index (κ1) is 22.8. The summed E-state index contributed by atoms with van der Waals surface area (Å²) in [7, 11) is 0. The molecule has 32 heavy (non-hydrogen) atoms. The lowest BCUT2D eigenvalue weighted by molar-refractivity contribution is -0.112. The molecule has 0 aliphatic rings. The van der Waals surface area contributed by atoms with Gasteiger partial charge in [-0.3, -0.25) is 4.79 Å². The second-order valence-corrected chi connectivity index (χ2v) is 7.45. The second kappa shape index (κ2) is 10.9. The summed E-state index contributed by atoms with van der Waals surface area (Å²) in [6.07, 6.45) is 1.49. The lowest BCUT2D eigenvalue weighted by Crippen LogP contribution is -2.16. The molecule has 6 nitrogen and oxygen atoms in total. The van der Waals surface area contributed by atoms with E-state index in [1.165, 1.54) is 17.4 Å². The van der Waals surface area contributed by atoms with E-state index in [4.69, 9.17) is 9.47 Å². The minimum absolute atomic E-state index is 0.0846. The summed E-state index contributed by atoms with van der Waals surface area (Å²) < 4.78 is 10.6. The number of rotatable bonds is 8. The highest BCUT2D eigenvalue weighted by atomic mass is 32.1. The summed E-state index contributed by atoms with van der Waals surface area (Å²) in [4.78, 5) is 25.5. The maximum Gasteiger partial charge on any atom is 0.341 e. The Morgan fingerprint density at radius 1 is 1.06 bits per heavy atom. The van der Waals surface area contributed by atoms with Crippen molar-refractivity contribution in [3.05, 3.63) is 76.7 Å². The number of nitriles is 1. The van der Waals surface area contributed by atoms with Crippen molar-refractivity contribution in [2.75, 3.05) is 18.5 Å². The molecule has 0 saturated heterocycles. The number of anilines is 1. The Balaban J connectivity index is 1.89. The summed E-state index contributed by atoms with van der Waals surface area (Å²) in [5.41, 5.74) is 2.37. The van der Waals surface area contributed by atoms with Crippen LogP contribution in [0.1, 0.15) is 29.8 Å². The van der Waals surface area contributed by atoms with Gasteiger partial charge in [-0.15, -0.1) is 11.3 Å². The normalized spacial score (nSPS) is 10.8. The number of esters is 1. The van der Waals surface area contributed by atoms with Crippen molar-refractivity contribution in [1.29, 1.82) is 5.26 Å². The Morgan fingerprint density at radius 2 is 1.78 bits per heavy atom. The first-order chi connectivity index (χ1) is 15.6. The highest BCUT2D eigenvalue weighted by molar-refractivity contribution is 7.15. The Morgan fingerprint density at radius 3 is 2.41 bits per heavy atom. The number of carbonyl (C=O) groups is 2. The van der Waals surface area contributed by atoms with Crippen molar-refractivity contribution in [3.63, 3.8) is 0 Å². The Bertz CT molecular complexity index is 1160. The van der Waals surface area contributed by atoms with Crippen LogP contribution in [0.25, 0.3) is 17.2 Å². The third kappa shape index (κ3) is 5.42. The molecule has 1 heterocycles. The molecule has 0 spiro atoms. The number of nitrogens with zero attached hydrogens (tertiary/aromatic N) is 1. The average molecular weight is 447 g/mol. The maximum atomic E-state index is 12.8. The molecule has 0 radical (unpaired) electrons. The third-order valence-electron chi connectivity index (χ3n) is 4.45. The zero-order valence-electron chi connectivity index (χ0n) is 17.8. The fraction of sp³-hybridized carbons (Fsp3) is 0.160. The molecule has 0 fully saturated rings. The predicted octanol–water partition coefficient (Wildman–Crippen LogP) is 5.54. The van der Waals surface area contributed by atoms with E-state index in [-0.39, 0.29) is 17.7 Å². The SMILES string of the molecule is CCOC(=O)c1c(-c2ccccc2)csc1NC(=O)/C(C#N)=C/c1ccc(OCC)cc1. The van der Waals surface area contributed by atoms with E-state index < -0.39 is 11.9 Å². The molecule has 162 valence electrons. The molecular formula is C25H22N2O4S. The zero-order valence-corrected chi connectivity index (χ0v) is 18.6. The third-order valence-corrected chi connectivity index (χ3v) is 5.35. The van der Waals surface area contributed by atoms with Crippen LogP contribution in [-0.2, 0) is 9.53 Å². The Kier molecular flexibility index (Phi) is 7.79. The van der Waals surface area contributed by atoms with Crippen molar-refractivity contribution in [1.82, 2.24) is 0 Å². The van der Waals surface area contributed by atoms with Gasteiger partial charge in [0.15, 0.2) is 0 Å². The van der Waals surface area contributed by atoms with Crippen molar-refractivity contribution < 1.29 is 19.1 Å². The van der Waals surface area contributed by atoms with Gasteiger partial charge in [-0.05, 0) is 43.2 Å². The van der Waals surface area contributed by atoms with Gasteiger partial charge < -0.3 is 14.8 Å². The topological polar surface area (TPSA) is 88.4 Å². The summed E-state index contributed by atoms with van der Waals surface area (Å²) in [5.74, 6) is -0.427. The van der Waals surface area contributed by atoms with E-state index in [1.54, 1.807) is 36.6 Å². The number of hydrogen-bond donors (Lipinski definition) is 1. The molecule has 1 amide bonds. The fourth-order valence-corrected chi connectivity index (χ4v) is 3.95. The molecule has 0 atom stereocenters. The molecule has 0 saturated carbocycles. The summed E-state index contributed by atoms with van der Waals surface area (Å²) >= 11 is 1.21. The molecule has 0 unspecified atom stereocenters. The van der Waals surface area contributed by atoms with Crippen molar-refractivity contribution in [3.8, 4) is 22.9 Å². The van der Waals surface area contributed by atoms with E-state index in [1.807, 2.05) is 43.3 Å². The van der Waals surface area contributed by atoms with E-state index in [9.17, 15) is 14.9 Å². The molecule has 0 aliphatic heterocycles. The van der Waals surface area contributed by atoms with Crippen molar-refractivity contribution in [2.45, 2.75) is 13.8 Å². The Hall–Kier alpha value is -3.89. The van der Waals surface area contributed by atoms with Crippen molar-refractivity contribution >= 4 is 34.3 Å². The van der Waals surface area contributed by atoms with Crippen LogP contribution >= 0.6 is 11.3 Å². The summed E-state index contributed by atoms with van der Waals surface area (Å²) in [6.45, 7) is 4.37. The quantitative estimate of drug-likeness (QED) is 0.279. The van der Waals surface area contributed by atoms with Crippen LogP contribution in [0.5, 0.6) is 5.75 Å².